The summed E-state index contributed by atoms with van der Waals surface area (Å²) in [5.74, 6) is 1.63. The first-order valence-electron chi connectivity index (χ1n) is 5.96. The number of hydrogen-bond donors (Lipinski definition) is 1. The summed E-state index contributed by atoms with van der Waals surface area (Å²) < 4.78 is 1.81. The fourth-order valence-electron chi connectivity index (χ4n) is 2.07. The lowest BCUT2D eigenvalue weighted by molar-refractivity contribution is 0.777. The van der Waals surface area contributed by atoms with Crippen molar-refractivity contribution in [3.8, 4) is 22.1 Å². The molecule has 0 aliphatic heterocycles. The second kappa shape index (κ2) is 4.51. The Bertz CT molecular complexity index is 713. The Labute approximate surface area is 115 Å². The smallest absolute Gasteiger partial charge is 0.191 e. The van der Waals surface area contributed by atoms with E-state index in [-0.39, 0.29) is 0 Å². The van der Waals surface area contributed by atoms with Crippen LogP contribution in [0.3, 0.4) is 0 Å². The molecule has 4 nitrogen and oxygen atoms in total. The van der Waals surface area contributed by atoms with Gasteiger partial charge in [0.15, 0.2) is 11.6 Å². The Morgan fingerprint density at radius 2 is 2.11 bits per heavy atom. The summed E-state index contributed by atoms with van der Waals surface area (Å²) in [6.07, 6.45) is 0. The minimum Gasteiger partial charge on any atom is -0.399 e. The SMILES string of the molecule is Cc1cc(N)ccc1-c1nc(-c2cccs2)nn1C. The van der Waals surface area contributed by atoms with Crippen molar-refractivity contribution in [2.75, 3.05) is 5.73 Å². The normalized spacial score (nSPS) is 10.8. The third-order valence-electron chi connectivity index (χ3n) is 3.00. The maximum Gasteiger partial charge on any atom is 0.191 e. The third kappa shape index (κ3) is 2.13. The van der Waals surface area contributed by atoms with Crippen molar-refractivity contribution >= 4 is 17.0 Å². The molecule has 96 valence electrons. The topological polar surface area (TPSA) is 56.7 Å². The van der Waals surface area contributed by atoms with Crippen LogP contribution in [0, 0.1) is 6.92 Å². The predicted octanol–water partition coefficient (Wildman–Crippen LogP) is 3.10. The van der Waals surface area contributed by atoms with Crippen molar-refractivity contribution in [1.82, 2.24) is 14.8 Å². The van der Waals surface area contributed by atoms with E-state index in [2.05, 4.69) is 10.1 Å². The van der Waals surface area contributed by atoms with Crippen LogP contribution in [0.1, 0.15) is 5.56 Å². The highest BCUT2D eigenvalue weighted by atomic mass is 32.1. The highest BCUT2D eigenvalue weighted by Crippen LogP contribution is 2.27. The second-order valence-electron chi connectivity index (χ2n) is 4.43. The molecule has 2 heterocycles. The number of aromatic nitrogens is 3. The summed E-state index contributed by atoms with van der Waals surface area (Å²) in [5.41, 5.74) is 8.72. The molecule has 19 heavy (non-hydrogen) atoms. The molecule has 2 aromatic heterocycles. The van der Waals surface area contributed by atoms with Gasteiger partial charge in [0, 0.05) is 18.3 Å². The summed E-state index contributed by atoms with van der Waals surface area (Å²) in [6.45, 7) is 2.03. The molecule has 0 atom stereocenters. The van der Waals surface area contributed by atoms with E-state index in [0.29, 0.717) is 0 Å². The van der Waals surface area contributed by atoms with Gasteiger partial charge in [-0.2, -0.15) is 0 Å². The summed E-state index contributed by atoms with van der Waals surface area (Å²) >= 11 is 1.64. The molecule has 0 aliphatic carbocycles. The van der Waals surface area contributed by atoms with Gasteiger partial charge < -0.3 is 5.73 Å². The van der Waals surface area contributed by atoms with E-state index in [9.17, 15) is 0 Å². The minimum absolute atomic E-state index is 0.766. The summed E-state index contributed by atoms with van der Waals surface area (Å²) in [4.78, 5) is 5.71. The van der Waals surface area contributed by atoms with Gasteiger partial charge in [0.25, 0.3) is 0 Å². The van der Waals surface area contributed by atoms with Gasteiger partial charge in [-0.25, -0.2) is 9.67 Å². The quantitative estimate of drug-likeness (QED) is 0.728. The first-order valence-corrected chi connectivity index (χ1v) is 6.84. The van der Waals surface area contributed by atoms with Gasteiger partial charge >= 0.3 is 0 Å². The van der Waals surface area contributed by atoms with Crippen LogP contribution in [-0.4, -0.2) is 14.8 Å². The van der Waals surface area contributed by atoms with Crippen LogP contribution >= 0.6 is 11.3 Å². The van der Waals surface area contributed by atoms with E-state index in [1.807, 2.05) is 54.4 Å². The largest absolute Gasteiger partial charge is 0.399 e. The first kappa shape index (κ1) is 11.9. The fourth-order valence-corrected chi connectivity index (χ4v) is 2.72. The van der Waals surface area contributed by atoms with E-state index in [1.54, 1.807) is 11.3 Å². The molecule has 0 spiro atoms. The van der Waals surface area contributed by atoms with Crippen molar-refractivity contribution in [3.05, 3.63) is 41.3 Å². The zero-order chi connectivity index (χ0) is 13.4. The van der Waals surface area contributed by atoms with E-state index in [1.165, 1.54) is 0 Å². The predicted molar refractivity (Wildman–Crippen MR) is 78.9 cm³/mol. The van der Waals surface area contributed by atoms with Crippen LogP contribution in [0.2, 0.25) is 0 Å². The summed E-state index contributed by atoms with van der Waals surface area (Å²) in [5, 5.41) is 6.51. The van der Waals surface area contributed by atoms with Crippen LogP contribution in [0.5, 0.6) is 0 Å². The lowest BCUT2D eigenvalue weighted by Crippen LogP contribution is -1.97. The molecule has 3 rings (SSSR count). The standard InChI is InChI=1S/C14H14N4S/c1-9-8-10(15)5-6-11(9)14-16-13(17-18(14)2)12-4-3-7-19-12/h3-8H,15H2,1-2H3. The molecular formula is C14H14N4S. The maximum atomic E-state index is 5.78. The van der Waals surface area contributed by atoms with Crippen LogP contribution in [0.25, 0.3) is 22.1 Å². The molecule has 0 unspecified atom stereocenters. The van der Waals surface area contributed by atoms with Crippen LogP contribution in [0.4, 0.5) is 5.69 Å². The zero-order valence-electron chi connectivity index (χ0n) is 10.8. The van der Waals surface area contributed by atoms with Gasteiger partial charge in [-0.1, -0.05) is 6.07 Å². The molecule has 0 bridgehead atoms. The van der Waals surface area contributed by atoms with Crippen LogP contribution in [-0.2, 0) is 7.05 Å². The highest BCUT2D eigenvalue weighted by Gasteiger charge is 2.13. The number of benzene rings is 1. The third-order valence-corrected chi connectivity index (χ3v) is 3.86. The molecule has 0 amide bonds. The number of nitrogens with two attached hydrogens (primary N) is 1. The molecule has 5 heteroatoms. The van der Waals surface area contributed by atoms with Crippen molar-refractivity contribution < 1.29 is 0 Å². The zero-order valence-corrected chi connectivity index (χ0v) is 11.6. The van der Waals surface area contributed by atoms with Gasteiger partial charge in [-0.15, -0.1) is 16.4 Å². The van der Waals surface area contributed by atoms with Crippen LogP contribution in [0.15, 0.2) is 35.7 Å². The van der Waals surface area contributed by atoms with E-state index >= 15 is 0 Å². The van der Waals surface area contributed by atoms with Crippen molar-refractivity contribution in [1.29, 1.82) is 0 Å². The average molecular weight is 270 g/mol. The Hall–Kier alpha value is -2.14. The summed E-state index contributed by atoms with van der Waals surface area (Å²) in [6, 6.07) is 9.87. The monoisotopic (exact) mass is 270 g/mol. The Balaban J connectivity index is 2.11. The van der Waals surface area contributed by atoms with Gasteiger partial charge in [0.05, 0.1) is 4.88 Å². The molecule has 1 aromatic carbocycles. The van der Waals surface area contributed by atoms with E-state index < -0.39 is 0 Å². The minimum atomic E-state index is 0.766. The van der Waals surface area contributed by atoms with Crippen molar-refractivity contribution in [2.45, 2.75) is 6.92 Å². The molecule has 3 aromatic rings. The van der Waals surface area contributed by atoms with Crippen molar-refractivity contribution in [2.24, 2.45) is 7.05 Å². The van der Waals surface area contributed by atoms with Gasteiger partial charge in [0.2, 0.25) is 0 Å². The first-order chi connectivity index (χ1) is 9.15. The number of hydrogen-bond acceptors (Lipinski definition) is 4. The van der Waals surface area contributed by atoms with Gasteiger partial charge in [0.1, 0.15) is 0 Å². The Kier molecular flexibility index (Phi) is 2.83. The maximum absolute atomic E-state index is 5.78. The molecule has 0 fully saturated rings. The van der Waals surface area contributed by atoms with Crippen LogP contribution < -0.4 is 5.73 Å². The van der Waals surface area contributed by atoms with Gasteiger partial charge in [-0.05, 0) is 42.1 Å². The Morgan fingerprint density at radius 1 is 1.26 bits per heavy atom. The lowest BCUT2D eigenvalue weighted by Gasteiger charge is -2.05. The van der Waals surface area contributed by atoms with Crippen molar-refractivity contribution in [3.63, 3.8) is 0 Å². The highest BCUT2D eigenvalue weighted by molar-refractivity contribution is 7.13. The van der Waals surface area contributed by atoms with E-state index in [4.69, 9.17) is 5.73 Å². The molecule has 0 aliphatic rings. The average Bonchev–Trinajstić information content (AvgIpc) is 2.98. The lowest BCUT2D eigenvalue weighted by atomic mass is 10.1. The number of rotatable bonds is 2. The molecule has 0 radical (unpaired) electrons. The number of nitrogens with zero attached hydrogens (tertiary/aromatic N) is 3. The molecule has 0 saturated carbocycles. The van der Waals surface area contributed by atoms with E-state index in [0.717, 1.165) is 33.3 Å². The number of nitrogen functional groups attached to an aromatic ring is 1. The number of thiophene rings is 1. The summed E-state index contributed by atoms with van der Waals surface area (Å²) in [7, 11) is 1.91. The molecule has 0 saturated heterocycles. The molecular weight excluding hydrogens is 256 g/mol. The van der Waals surface area contributed by atoms with Gasteiger partial charge in [-0.3, -0.25) is 0 Å². The Morgan fingerprint density at radius 3 is 2.79 bits per heavy atom. The number of aryl methyl sites for hydroxylation is 2. The fraction of sp³-hybridized carbons (Fsp3) is 0.143. The number of anilines is 1. The molecule has 2 N–H and O–H groups in total. The second-order valence-corrected chi connectivity index (χ2v) is 5.38.